The fourth-order valence-electron chi connectivity index (χ4n) is 1.61. The van der Waals surface area contributed by atoms with Gasteiger partial charge in [0.1, 0.15) is 6.61 Å². The minimum atomic E-state index is -0.199. The van der Waals surface area contributed by atoms with Crippen LogP contribution in [-0.4, -0.2) is 5.97 Å². The number of carbonyl (C=O) groups excluding carboxylic acids is 1. The smallest absolute Gasteiger partial charge is 0.338 e. The molecular formula is C15H15NO2. The maximum absolute atomic E-state index is 10.8. The number of hydrogen-bond acceptors (Lipinski definition) is 3. The Hall–Kier alpha value is -2.29. The summed E-state index contributed by atoms with van der Waals surface area (Å²) in [5.74, 6) is -0.199. The topological polar surface area (TPSA) is 38.3 Å². The molecule has 92 valence electrons. The van der Waals surface area contributed by atoms with E-state index in [1.54, 1.807) is 6.07 Å². The monoisotopic (exact) mass is 241 g/mol. The number of benzene rings is 1. The molecule has 2 heterocycles. The molecule has 0 aliphatic carbocycles. The predicted octanol–water partition coefficient (Wildman–Crippen LogP) is 2.92. The fourth-order valence-corrected chi connectivity index (χ4v) is 1.61. The Balaban J connectivity index is 0.000000138. The van der Waals surface area contributed by atoms with Crippen LogP contribution in [0.5, 0.6) is 0 Å². The lowest BCUT2D eigenvalue weighted by Crippen LogP contribution is -1.98. The van der Waals surface area contributed by atoms with Crippen molar-refractivity contribution in [2.75, 3.05) is 0 Å². The summed E-state index contributed by atoms with van der Waals surface area (Å²) in [7, 11) is 0. The first-order valence-electron chi connectivity index (χ1n) is 5.79. The van der Waals surface area contributed by atoms with E-state index in [1.165, 1.54) is 5.70 Å². The second kappa shape index (κ2) is 5.87. The molecule has 0 saturated carbocycles. The SMILES string of the molecule is CC1=CC=CC=CN1.O=C1OCc2ccccc21. The van der Waals surface area contributed by atoms with Crippen LogP contribution in [0.3, 0.4) is 0 Å². The summed E-state index contributed by atoms with van der Waals surface area (Å²) < 4.78 is 4.78. The summed E-state index contributed by atoms with van der Waals surface area (Å²) in [6.07, 6.45) is 9.90. The number of rotatable bonds is 0. The molecule has 1 N–H and O–H groups in total. The van der Waals surface area contributed by atoms with Crippen molar-refractivity contribution in [3.63, 3.8) is 0 Å². The zero-order valence-corrected chi connectivity index (χ0v) is 10.2. The van der Waals surface area contributed by atoms with E-state index in [4.69, 9.17) is 4.74 Å². The highest BCUT2D eigenvalue weighted by Crippen LogP contribution is 2.18. The van der Waals surface area contributed by atoms with Gasteiger partial charge in [-0.1, -0.05) is 30.4 Å². The van der Waals surface area contributed by atoms with Gasteiger partial charge in [-0.3, -0.25) is 0 Å². The van der Waals surface area contributed by atoms with Crippen molar-refractivity contribution >= 4 is 5.97 Å². The summed E-state index contributed by atoms with van der Waals surface area (Å²) in [5.41, 5.74) is 2.88. The van der Waals surface area contributed by atoms with Gasteiger partial charge in [-0.05, 0) is 25.1 Å². The van der Waals surface area contributed by atoms with Crippen molar-refractivity contribution in [2.45, 2.75) is 13.5 Å². The molecule has 0 spiro atoms. The fraction of sp³-hybridized carbons (Fsp3) is 0.133. The largest absolute Gasteiger partial charge is 0.457 e. The van der Waals surface area contributed by atoms with Gasteiger partial charge in [-0.2, -0.15) is 0 Å². The van der Waals surface area contributed by atoms with Crippen LogP contribution in [-0.2, 0) is 11.3 Å². The van der Waals surface area contributed by atoms with Crippen LogP contribution < -0.4 is 5.32 Å². The predicted molar refractivity (Wildman–Crippen MR) is 70.7 cm³/mol. The number of fused-ring (bicyclic) bond motifs is 1. The van der Waals surface area contributed by atoms with Crippen molar-refractivity contribution in [3.05, 3.63) is 71.6 Å². The third-order valence-corrected chi connectivity index (χ3v) is 2.57. The lowest BCUT2D eigenvalue weighted by molar-refractivity contribution is 0.0535. The molecule has 0 radical (unpaired) electrons. The van der Waals surface area contributed by atoms with E-state index in [9.17, 15) is 4.79 Å². The average molecular weight is 241 g/mol. The van der Waals surface area contributed by atoms with Crippen molar-refractivity contribution in [1.29, 1.82) is 0 Å². The molecule has 0 bridgehead atoms. The van der Waals surface area contributed by atoms with Gasteiger partial charge in [0, 0.05) is 17.5 Å². The Kier molecular flexibility index (Phi) is 3.97. The second-order valence-corrected chi connectivity index (χ2v) is 3.97. The highest BCUT2D eigenvalue weighted by Gasteiger charge is 2.18. The molecule has 3 heteroatoms. The van der Waals surface area contributed by atoms with Gasteiger partial charge in [-0.25, -0.2) is 4.79 Å². The van der Waals surface area contributed by atoms with Crippen LogP contribution in [0.2, 0.25) is 0 Å². The molecule has 0 aromatic heterocycles. The standard InChI is InChI=1S/C8H6O2.C7H9N/c9-8-7-4-2-1-3-6(7)5-10-8;1-7-5-3-2-4-6-8-7/h1-4H,5H2;2-6,8H,1H3. The van der Waals surface area contributed by atoms with Crippen LogP contribution >= 0.6 is 0 Å². The van der Waals surface area contributed by atoms with Crippen LogP contribution in [0.15, 0.2) is 60.5 Å². The van der Waals surface area contributed by atoms with Gasteiger partial charge in [0.25, 0.3) is 0 Å². The minimum Gasteiger partial charge on any atom is -0.457 e. The Morgan fingerprint density at radius 2 is 2.00 bits per heavy atom. The van der Waals surface area contributed by atoms with Crippen LogP contribution in [0.25, 0.3) is 0 Å². The Bertz CT molecular complexity index is 527. The third kappa shape index (κ3) is 3.10. The molecular weight excluding hydrogens is 226 g/mol. The number of ether oxygens (including phenoxy) is 1. The quantitative estimate of drug-likeness (QED) is 0.710. The molecule has 0 atom stereocenters. The molecule has 2 aliphatic rings. The zero-order valence-electron chi connectivity index (χ0n) is 10.2. The lowest BCUT2D eigenvalue weighted by Gasteiger charge is -1.93. The Labute approximate surface area is 106 Å². The molecule has 0 saturated heterocycles. The van der Waals surface area contributed by atoms with Gasteiger partial charge in [0.05, 0.1) is 5.56 Å². The van der Waals surface area contributed by atoms with Gasteiger partial charge < -0.3 is 10.1 Å². The van der Waals surface area contributed by atoms with E-state index in [-0.39, 0.29) is 5.97 Å². The van der Waals surface area contributed by atoms with E-state index in [0.717, 1.165) is 5.56 Å². The molecule has 1 aromatic rings. The first kappa shape index (κ1) is 12.2. The highest BCUT2D eigenvalue weighted by atomic mass is 16.5. The van der Waals surface area contributed by atoms with Crippen molar-refractivity contribution in [1.82, 2.24) is 5.32 Å². The van der Waals surface area contributed by atoms with Gasteiger partial charge in [0.15, 0.2) is 0 Å². The highest BCUT2D eigenvalue weighted by molar-refractivity contribution is 5.93. The molecule has 1 aromatic carbocycles. The van der Waals surface area contributed by atoms with Crippen molar-refractivity contribution in [3.8, 4) is 0 Å². The van der Waals surface area contributed by atoms with E-state index >= 15 is 0 Å². The van der Waals surface area contributed by atoms with Gasteiger partial charge >= 0.3 is 5.97 Å². The van der Waals surface area contributed by atoms with Crippen LogP contribution in [0, 0.1) is 0 Å². The number of cyclic esters (lactones) is 1. The zero-order chi connectivity index (χ0) is 12.8. The van der Waals surface area contributed by atoms with Crippen molar-refractivity contribution in [2.24, 2.45) is 0 Å². The van der Waals surface area contributed by atoms with Crippen LogP contribution in [0.4, 0.5) is 0 Å². The minimum absolute atomic E-state index is 0.199. The first-order chi connectivity index (χ1) is 8.77. The Morgan fingerprint density at radius 3 is 2.83 bits per heavy atom. The number of esters is 1. The van der Waals surface area contributed by atoms with Crippen LogP contribution in [0.1, 0.15) is 22.8 Å². The van der Waals surface area contributed by atoms with E-state index < -0.39 is 0 Å². The maximum atomic E-state index is 10.8. The molecule has 18 heavy (non-hydrogen) atoms. The molecule has 3 nitrogen and oxygen atoms in total. The molecule has 0 unspecified atom stereocenters. The normalized spacial score (nSPS) is 15.6. The van der Waals surface area contributed by atoms with E-state index in [2.05, 4.69) is 5.32 Å². The summed E-state index contributed by atoms with van der Waals surface area (Å²) in [4.78, 5) is 10.8. The molecule has 3 rings (SSSR count). The third-order valence-electron chi connectivity index (χ3n) is 2.57. The molecule has 0 amide bonds. The maximum Gasteiger partial charge on any atom is 0.338 e. The summed E-state index contributed by atoms with van der Waals surface area (Å²) in [6.45, 7) is 2.47. The Morgan fingerprint density at radius 1 is 1.17 bits per heavy atom. The first-order valence-corrected chi connectivity index (χ1v) is 5.79. The average Bonchev–Trinajstić information content (AvgIpc) is 2.61. The number of hydrogen-bond donors (Lipinski definition) is 1. The second-order valence-electron chi connectivity index (χ2n) is 3.97. The molecule has 2 aliphatic heterocycles. The van der Waals surface area contributed by atoms with Gasteiger partial charge in [-0.15, -0.1) is 0 Å². The summed E-state index contributed by atoms with van der Waals surface area (Å²) in [5, 5.41) is 3.06. The molecule has 0 fully saturated rings. The summed E-state index contributed by atoms with van der Waals surface area (Å²) in [6, 6.07) is 7.43. The number of carbonyl (C=O) groups is 1. The number of nitrogens with one attached hydrogen (secondary N) is 1. The van der Waals surface area contributed by atoms with Gasteiger partial charge in [0.2, 0.25) is 0 Å². The lowest BCUT2D eigenvalue weighted by atomic mass is 10.1. The summed E-state index contributed by atoms with van der Waals surface area (Å²) >= 11 is 0. The van der Waals surface area contributed by atoms with E-state index in [1.807, 2.05) is 55.6 Å². The van der Waals surface area contributed by atoms with E-state index in [0.29, 0.717) is 12.2 Å². The van der Waals surface area contributed by atoms with Crippen molar-refractivity contribution < 1.29 is 9.53 Å². The number of allylic oxidation sites excluding steroid dienone is 5.